The zero-order valence-corrected chi connectivity index (χ0v) is 5.47. The van der Waals surface area contributed by atoms with Crippen LogP contribution >= 0.6 is 11.6 Å². The van der Waals surface area contributed by atoms with E-state index in [1.54, 1.807) is 6.20 Å². The normalized spacial score (nSPS) is 13.6. The van der Waals surface area contributed by atoms with Crippen molar-refractivity contribution in [1.82, 2.24) is 9.97 Å². The highest BCUT2D eigenvalue weighted by atomic mass is 35.5. The van der Waals surface area contributed by atoms with Crippen LogP contribution in [0, 0.1) is 0 Å². The van der Waals surface area contributed by atoms with E-state index < -0.39 is 6.10 Å². The number of hydrogen-bond acceptors (Lipinski definition) is 2. The SMILES string of the molecule is OC(CCl)c1cnc[nH]1. The van der Waals surface area contributed by atoms with Crippen LogP contribution in [0.3, 0.4) is 0 Å². The molecule has 0 radical (unpaired) electrons. The minimum Gasteiger partial charge on any atom is -0.386 e. The summed E-state index contributed by atoms with van der Waals surface area (Å²) in [5, 5.41) is 9.01. The average Bonchev–Trinajstić information content (AvgIpc) is 2.37. The summed E-state index contributed by atoms with van der Waals surface area (Å²) in [6, 6.07) is 0. The largest absolute Gasteiger partial charge is 0.386 e. The summed E-state index contributed by atoms with van der Waals surface area (Å²) in [6.07, 6.45) is 2.44. The number of hydrogen-bond donors (Lipinski definition) is 2. The van der Waals surface area contributed by atoms with Crippen LogP contribution in [-0.2, 0) is 0 Å². The fourth-order valence-corrected chi connectivity index (χ4v) is 0.698. The van der Waals surface area contributed by atoms with Gasteiger partial charge in [0.1, 0.15) is 6.10 Å². The molecule has 50 valence electrons. The van der Waals surface area contributed by atoms with E-state index in [1.807, 2.05) is 0 Å². The van der Waals surface area contributed by atoms with Crippen molar-refractivity contribution in [3.63, 3.8) is 0 Å². The van der Waals surface area contributed by atoms with Gasteiger partial charge in [0.15, 0.2) is 0 Å². The Morgan fingerprint density at radius 1 is 1.89 bits per heavy atom. The van der Waals surface area contributed by atoms with E-state index in [-0.39, 0.29) is 5.88 Å². The summed E-state index contributed by atoms with van der Waals surface area (Å²) in [4.78, 5) is 6.46. The molecule has 1 aromatic rings. The second kappa shape index (κ2) is 2.85. The molecule has 0 aliphatic heterocycles. The third-order valence-electron chi connectivity index (χ3n) is 1.02. The molecule has 0 saturated carbocycles. The molecule has 1 heterocycles. The van der Waals surface area contributed by atoms with E-state index >= 15 is 0 Å². The smallest absolute Gasteiger partial charge is 0.109 e. The predicted molar refractivity (Wildman–Crippen MR) is 34.3 cm³/mol. The summed E-state index contributed by atoms with van der Waals surface area (Å²) in [7, 11) is 0. The summed E-state index contributed by atoms with van der Waals surface area (Å²) in [5.41, 5.74) is 0.657. The van der Waals surface area contributed by atoms with Gasteiger partial charge < -0.3 is 10.1 Å². The van der Waals surface area contributed by atoms with Gasteiger partial charge in [0.25, 0.3) is 0 Å². The van der Waals surface area contributed by atoms with Crippen LogP contribution in [0.2, 0.25) is 0 Å². The summed E-state index contributed by atoms with van der Waals surface area (Å²) in [6.45, 7) is 0. The van der Waals surface area contributed by atoms with Gasteiger partial charge in [-0.05, 0) is 0 Å². The maximum Gasteiger partial charge on any atom is 0.109 e. The molecular formula is C5H7ClN2O. The van der Waals surface area contributed by atoms with E-state index in [0.717, 1.165) is 0 Å². The molecule has 0 aliphatic carbocycles. The lowest BCUT2D eigenvalue weighted by atomic mass is 10.3. The zero-order valence-electron chi connectivity index (χ0n) is 4.71. The fourth-order valence-electron chi connectivity index (χ4n) is 0.532. The van der Waals surface area contributed by atoms with Crippen molar-refractivity contribution in [3.8, 4) is 0 Å². The van der Waals surface area contributed by atoms with Crippen molar-refractivity contribution in [2.75, 3.05) is 5.88 Å². The van der Waals surface area contributed by atoms with Crippen molar-refractivity contribution in [2.45, 2.75) is 6.10 Å². The van der Waals surface area contributed by atoms with Gasteiger partial charge in [-0.15, -0.1) is 11.6 Å². The molecular weight excluding hydrogens is 140 g/mol. The molecule has 1 atom stereocenters. The summed E-state index contributed by atoms with van der Waals surface area (Å²) in [5.74, 6) is 0.197. The second-order valence-corrected chi connectivity index (χ2v) is 1.99. The molecule has 4 heteroatoms. The molecule has 1 rings (SSSR count). The van der Waals surface area contributed by atoms with E-state index in [1.165, 1.54) is 6.33 Å². The lowest BCUT2D eigenvalue weighted by Gasteiger charge is -1.99. The maximum atomic E-state index is 9.01. The van der Waals surface area contributed by atoms with Gasteiger partial charge in [-0.1, -0.05) is 0 Å². The van der Waals surface area contributed by atoms with E-state index in [4.69, 9.17) is 16.7 Å². The van der Waals surface area contributed by atoms with E-state index in [0.29, 0.717) is 5.69 Å². The lowest BCUT2D eigenvalue weighted by molar-refractivity contribution is 0.198. The van der Waals surface area contributed by atoms with Crippen molar-refractivity contribution in [1.29, 1.82) is 0 Å². The van der Waals surface area contributed by atoms with E-state index in [9.17, 15) is 0 Å². The van der Waals surface area contributed by atoms with Gasteiger partial charge in [-0.3, -0.25) is 0 Å². The summed E-state index contributed by atoms with van der Waals surface area (Å²) >= 11 is 5.35. The van der Waals surface area contributed by atoms with Crippen molar-refractivity contribution in [3.05, 3.63) is 18.2 Å². The highest BCUT2D eigenvalue weighted by molar-refractivity contribution is 6.18. The average molecular weight is 147 g/mol. The molecule has 0 aliphatic rings. The first kappa shape index (κ1) is 6.58. The molecule has 0 saturated heterocycles. The van der Waals surface area contributed by atoms with Gasteiger partial charge in [0, 0.05) is 0 Å². The Morgan fingerprint density at radius 2 is 2.67 bits per heavy atom. The first-order valence-corrected chi connectivity index (χ1v) is 3.10. The van der Waals surface area contributed by atoms with Gasteiger partial charge in [-0.25, -0.2) is 4.98 Å². The van der Waals surface area contributed by atoms with Gasteiger partial charge in [-0.2, -0.15) is 0 Å². The van der Waals surface area contributed by atoms with Crippen LogP contribution < -0.4 is 0 Å². The standard InChI is InChI=1S/C5H7ClN2O/c6-1-5(9)4-2-7-3-8-4/h2-3,5,9H,1H2,(H,7,8). The molecule has 0 bridgehead atoms. The van der Waals surface area contributed by atoms with Crippen molar-refractivity contribution >= 4 is 11.6 Å². The number of aromatic nitrogens is 2. The quantitative estimate of drug-likeness (QED) is 0.603. The Bertz CT molecular complexity index is 163. The molecule has 1 unspecified atom stereocenters. The van der Waals surface area contributed by atoms with Crippen molar-refractivity contribution < 1.29 is 5.11 Å². The van der Waals surface area contributed by atoms with Crippen LogP contribution in [0.15, 0.2) is 12.5 Å². The Morgan fingerprint density at radius 3 is 3.11 bits per heavy atom. The Balaban J connectivity index is 2.65. The molecule has 0 amide bonds. The zero-order chi connectivity index (χ0) is 6.69. The number of H-pyrrole nitrogens is 1. The van der Waals surface area contributed by atoms with Gasteiger partial charge >= 0.3 is 0 Å². The monoisotopic (exact) mass is 146 g/mol. The first-order chi connectivity index (χ1) is 4.34. The number of aliphatic hydroxyl groups excluding tert-OH is 1. The Kier molecular flexibility index (Phi) is 2.08. The molecule has 1 aromatic heterocycles. The molecule has 3 nitrogen and oxygen atoms in total. The molecule has 9 heavy (non-hydrogen) atoms. The van der Waals surface area contributed by atoms with Gasteiger partial charge in [0.2, 0.25) is 0 Å². The third-order valence-corrected chi connectivity index (χ3v) is 1.32. The van der Waals surface area contributed by atoms with E-state index in [2.05, 4.69) is 9.97 Å². The fraction of sp³-hybridized carbons (Fsp3) is 0.400. The highest BCUT2D eigenvalue weighted by Gasteiger charge is 2.04. The summed E-state index contributed by atoms with van der Waals surface area (Å²) < 4.78 is 0. The Labute approximate surface area is 57.7 Å². The number of aliphatic hydroxyl groups is 1. The number of alkyl halides is 1. The molecule has 0 aromatic carbocycles. The lowest BCUT2D eigenvalue weighted by Crippen LogP contribution is -1.97. The van der Waals surface area contributed by atoms with Crippen LogP contribution in [0.4, 0.5) is 0 Å². The number of aromatic amines is 1. The number of nitrogens with zero attached hydrogens (tertiary/aromatic N) is 1. The Hall–Kier alpha value is -0.540. The van der Waals surface area contributed by atoms with Crippen LogP contribution in [0.25, 0.3) is 0 Å². The predicted octanol–water partition coefficient (Wildman–Crippen LogP) is 0.682. The molecule has 2 N–H and O–H groups in total. The van der Waals surface area contributed by atoms with Crippen molar-refractivity contribution in [2.24, 2.45) is 0 Å². The number of rotatable bonds is 2. The minimum atomic E-state index is -0.617. The van der Waals surface area contributed by atoms with Gasteiger partial charge in [0.05, 0.1) is 24.1 Å². The third kappa shape index (κ3) is 1.43. The minimum absolute atomic E-state index is 0.197. The van der Waals surface area contributed by atoms with Crippen LogP contribution in [0.1, 0.15) is 11.8 Å². The molecule has 0 fully saturated rings. The number of nitrogens with one attached hydrogen (secondary N) is 1. The molecule has 0 spiro atoms. The number of imidazole rings is 1. The highest BCUT2D eigenvalue weighted by Crippen LogP contribution is 2.08. The topological polar surface area (TPSA) is 48.9 Å². The maximum absolute atomic E-state index is 9.01. The second-order valence-electron chi connectivity index (χ2n) is 1.68. The van der Waals surface area contributed by atoms with Crippen LogP contribution in [0.5, 0.6) is 0 Å². The number of halogens is 1. The first-order valence-electron chi connectivity index (χ1n) is 2.57. The van der Waals surface area contributed by atoms with Crippen LogP contribution in [-0.4, -0.2) is 21.0 Å².